The SMILES string of the molecule is CC(=O)Nc1ccc(C(=O)NC(C)(CO)CO)s1. The van der Waals surface area contributed by atoms with Crippen LogP contribution in [0, 0.1) is 0 Å². The van der Waals surface area contributed by atoms with Gasteiger partial charge in [0.2, 0.25) is 5.91 Å². The van der Waals surface area contributed by atoms with Crippen LogP contribution in [-0.2, 0) is 4.79 Å². The maximum atomic E-state index is 11.8. The molecule has 0 aliphatic rings. The van der Waals surface area contributed by atoms with E-state index in [2.05, 4.69) is 10.6 Å². The lowest BCUT2D eigenvalue weighted by Crippen LogP contribution is -2.51. The molecule has 18 heavy (non-hydrogen) atoms. The van der Waals surface area contributed by atoms with Gasteiger partial charge in [-0.2, -0.15) is 0 Å². The molecule has 0 aromatic carbocycles. The fourth-order valence-corrected chi connectivity index (χ4v) is 2.01. The lowest BCUT2D eigenvalue weighted by molar-refractivity contribution is -0.114. The molecule has 0 aliphatic carbocycles. The van der Waals surface area contributed by atoms with Crippen LogP contribution in [0.3, 0.4) is 0 Å². The molecule has 0 spiro atoms. The molecule has 0 radical (unpaired) electrons. The van der Waals surface area contributed by atoms with Gasteiger partial charge in [0, 0.05) is 6.92 Å². The summed E-state index contributed by atoms with van der Waals surface area (Å²) in [6, 6.07) is 3.19. The van der Waals surface area contributed by atoms with E-state index >= 15 is 0 Å². The van der Waals surface area contributed by atoms with Gasteiger partial charge < -0.3 is 20.8 Å². The van der Waals surface area contributed by atoms with Gasteiger partial charge in [0.05, 0.1) is 28.6 Å². The van der Waals surface area contributed by atoms with Gasteiger partial charge in [-0.05, 0) is 19.1 Å². The molecule has 1 aromatic heterocycles. The van der Waals surface area contributed by atoms with Crippen LogP contribution >= 0.6 is 11.3 Å². The van der Waals surface area contributed by atoms with Crippen molar-refractivity contribution in [3.63, 3.8) is 0 Å². The third kappa shape index (κ3) is 3.80. The molecule has 0 atom stereocenters. The number of anilines is 1. The Balaban J connectivity index is 2.73. The summed E-state index contributed by atoms with van der Waals surface area (Å²) in [7, 11) is 0. The minimum atomic E-state index is -1.06. The minimum absolute atomic E-state index is 0.209. The van der Waals surface area contributed by atoms with Crippen molar-refractivity contribution in [2.75, 3.05) is 18.5 Å². The molecule has 1 heterocycles. The molecule has 0 aliphatic heterocycles. The Morgan fingerprint density at radius 3 is 2.44 bits per heavy atom. The van der Waals surface area contributed by atoms with E-state index in [4.69, 9.17) is 10.2 Å². The number of carbonyl (C=O) groups is 2. The molecule has 2 amide bonds. The molecule has 0 unspecified atom stereocenters. The highest BCUT2D eigenvalue weighted by molar-refractivity contribution is 7.18. The summed E-state index contributed by atoms with van der Waals surface area (Å²) in [6.45, 7) is 2.19. The van der Waals surface area contributed by atoms with Gasteiger partial charge in [-0.1, -0.05) is 0 Å². The first-order valence-electron chi connectivity index (χ1n) is 5.32. The smallest absolute Gasteiger partial charge is 0.262 e. The maximum absolute atomic E-state index is 11.8. The third-order valence-electron chi connectivity index (χ3n) is 2.24. The summed E-state index contributed by atoms with van der Waals surface area (Å²) in [6.07, 6.45) is 0. The number of nitrogens with one attached hydrogen (secondary N) is 2. The van der Waals surface area contributed by atoms with Gasteiger partial charge in [-0.25, -0.2) is 0 Å². The highest BCUT2D eigenvalue weighted by Crippen LogP contribution is 2.22. The molecule has 0 saturated carbocycles. The Morgan fingerprint density at radius 1 is 1.33 bits per heavy atom. The summed E-state index contributed by atoms with van der Waals surface area (Å²) in [5, 5.41) is 23.8. The highest BCUT2D eigenvalue weighted by Gasteiger charge is 2.25. The number of hydrogen-bond acceptors (Lipinski definition) is 5. The van der Waals surface area contributed by atoms with Crippen molar-refractivity contribution in [2.45, 2.75) is 19.4 Å². The first kappa shape index (κ1) is 14.6. The van der Waals surface area contributed by atoms with E-state index in [9.17, 15) is 9.59 Å². The van der Waals surface area contributed by atoms with E-state index in [0.717, 1.165) is 11.3 Å². The van der Waals surface area contributed by atoms with Crippen LogP contribution in [0.25, 0.3) is 0 Å². The van der Waals surface area contributed by atoms with E-state index in [1.807, 2.05) is 0 Å². The number of thiophene rings is 1. The number of amides is 2. The third-order valence-corrected chi connectivity index (χ3v) is 3.24. The van der Waals surface area contributed by atoms with Crippen molar-refractivity contribution in [1.29, 1.82) is 0 Å². The molecule has 1 rings (SSSR count). The molecular formula is C11H16N2O4S. The Labute approximate surface area is 109 Å². The number of rotatable bonds is 5. The van der Waals surface area contributed by atoms with Crippen molar-refractivity contribution in [2.24, 2.45) is 0 Å². The minimum Gasteiger partial charge on any atom is -0.394 e. The van der Waals surface area contributed by atoms with Crippen molar-refractivity contribution in [3.05, 3.63) is 17.0 Å². The van der Waals surface area contributed by atoms with Crippen LogP contribution in [0.15, 0.2) is 12.1 Å². The van der Waals surface area contributed by atoms with Gasteiger partial charge in [-0.3, -0.25) is 9.59 Å². The van der Waals surface area contributed by atoms with E-state index < -0.39 is 11.4 Å². The van der Waals surface area contributed by atoms with Gasteiger partial charge in [-0.15, -0.1) is 11.3 Å². The van der Waals surface area contributed by atoms with Crippen LogP contribution < -0.4 is 10.6 Å². The second kappa shape index (κ2) is 5.94. The molecule has 1 aromatic rings. The zero-order valence-corrected chi connectivity index (χ0v) is 11.0. The van der Waals surface area contributed by atoms with Crippen LogP contribution in [0.1, 0.15) is 23.5 Å². The predicted molar refractivity (Wildman–Crippen MR) is 68.7 cm³/mol. The Kier molecular flexibility index (Phi) is 4.83. The van der Waals surface area contributed by atoms with Gasteiger partial charge >= 0.3 is 0 Å². The fraction of sp³-hybridized carbons (Fsp3) is 0.455. The van der Waals surface area contributed by atoms with Gasteiger partial charge in [0.15, 0.2) is 0 Å². The maximum Gasteiger partial charge on any atom is 0.262 e. The summed E-state index contributed by atoms with van der Waals surface area (Å²) in [5.74, 6) is -0.610. The zero-order valence-electron chi connectivity index (χ0n) is 10.2. The van der Waals surface area contributed by atoms with Gasteiger partial charge in [0.1, 0.15) is 0 Å². The summed E-state index contributed by atoms with van der Waals surface area (Å²) in [5.41, 5.74) is -1.06. The molecule has 0 saturated heterocycles. The lowest BCUT2D eigenvalue weighted by Gasteiger charge is -2.25. The van der Waals surface area contributed by atoms with Crippen molar-refractivity contribution in [1.82, 2.24) is 5.32 Å². The van der Waals surface area contributed by atoms with Gasteiger partial charge in [0.25, 0.3) is 5.91 Å². The van der Waals surface area contributed by atoms with Crippen LogP contribution in [0.5, 0.6) is 0 Å². The quantitative estimate of drug-likeness (QED) is 0.614. The normalized spacial score (nSPS) is 11.1. The standard InChI is InChI=1S/C11H16N2O4S/c1-7(16)12-9-4-3-8(18-9)10(17)13-11(2,5-14)6-15/h3-4,14-15H,5-6H2,1-2H3,(H,12,16)(H,13,17). The second-order valence-electron chi connectivity index (χ2n) is 4.18. The Hall–Kier alpha value is -1.44. The summed E-state index contributed by atoms with van der Waals surface area (Å²) in [4.78, 5) is 23.1. The van der Waals surface area contributed by atoms with E-state index in [1.54, 1.807) is 12.1 Å². The fourth-order valence-electron chi connectivity index (χ4n) is 1.17. The number of hydrogen-bond donors (Lipinski definition) is 4. The summed E-state index contributed by atoms with van der Waals surface area (Å²) >= 11 is 1.12. The number of aliphatic hydroxyl groups is 2. The lowest BCUT2D eigenvalue weighted by atomic mass is 10.1. The highest BCUT2D eigenvalue weighted by atomic mass is 32.1. The zero-order chi connectivity index (χ0) is 13.8. The van der Waals surface area contributed by atoms with Crippen LogP contribution in [-0.4, -0.2) is 40.8 Å². The van der Waals surface area contributed by atoms with E-state index in [1.165, 1.54) is 13.8 Å². The monoisotopic (exact) mass is 272 g/mol. The van der Waals surface area contributed by atoms with Crippen molar-refractivity contribution >= 4 is 28.2 Å². The molecule has 6 nitrogen and oxygen atoms in total. The van der Waals surface area contributed by atoms with Crippen LogP contribution in [0.4, 0.5) is 5.00 Å². The average molecular weight is 272 g/mol. The Morgan fingerprint density at radius 2 is 1.94 bits per heavy atom. The average Bonchev–Trinajstić information content (AvgIpc) is 2.76. The van der Waals surface area contributed by atoms with Crippen LogP contribution in [0.2, 0.25) is 0 Å². The summed E-state index contributed by atoms with van der Waals surface area (Å²) < 4.78 is 0. The van der Waals surface area contributed by atoms with E-state index in [0.29, 0.717) is 9.88 Å². The number of carbonyl (C=O) groups excluding carboxylic acids is 2. The van der Waals surface area contributed by atoms with E-state index in [-0.39, 0.29) is 19.1 Å². The first-order valence-corrected chi connectivity index (χ1v) is 6.13. The first-order chi connectivity index (χ1) is 8.40. The molecule has 0 fully saturated rings. The van der Waals surface area contributed by atoms with Crippen molar-refractivity contribution in [3.8, 4) is 0 Å². The van der Waals surface area contributed by atoms with Crippen molar-refractivity contribution < 1.29 is 19.8 Å². The molecule has 4 N–H and O–H groups in total. The molecule has 0 bridgehead atoms. The second-order valence-corrected chi connectivity index (χ2v) is 5.26. The molecule has 100 valence electrons. The number of aliphatic hydroxyl groups excluding tert-OH is 2. The topological polar surface area (TPSA) is 98.7 Å². The molecular weight excluding hydrogens is 256 g/mol. The largest absolute Gasteiger partial charge is 0.394 e. The molecule has 7 heteroatoms. The Bertz CT molecular complexity index is 440. The predicted octanol–water partition coefficient (Wildman–Crippen LogP) is 0.180.